The molecule has 0 saturated carbocycles. The first-order valence-electron chi connectivity index (χ1n) is 7.58. The van der Waals surface area contributed by atoms with Crippen molar-refractivity contribution in [3.8, 4) is 6.07 Å². The standard InChI is InChI=1S/C16H20N4O3/c1-12-5-2-3-8-19(12)16(23)20(18-15(21)22)11-14-7-4-6-13(9-14)10-17/h4,6-7,9,12,18H,2-3,5,8,11H2,1H3,(H,21,22). The van der Waals surface area contributed by atoms with Gasteiger partial charge in [-0.1, -0.05) is 12.1 Å². The van der Waals surface area contributed by atoms with E-state index in [1.165, 1.54) is 0 Å². The van der Waals surface area contributed by atoms with Crippen molar-refractivity contribution in [1.29, 1.82) is 5.26 Å². The molecular weight excluding hydrogens is 296 g/mol. The lowest BCUT2D eigenvalue weighted by atomic mass is 10.0. The van der Waals surface area contributed by atoms with Crippen molar-refractivity contribution in [2.45, 2.75) is 38.8 Å². The number of amides is 3. The van der Waals surface area contributed by atoms with E-state index in [0.29, 0.717) is 17.7 Å². The summed E-state index contributed by atoms with van der Waals surface area (Å²) in [4.78, 5) is 25.4. The number of piperidine rings is 1. The maximum absolute atomic E-state index is 12.7. The summed E-state index contributed by atoms with van der Waals surface area (Å²) in [7, 11) is 0. The van der Waals surface area contributed by atoms with Gasteiger partial charge < -0.3 is 10.0 Å². The van der Waals surface area contributed by atoms with E-state index in [2.05, 4.69) is 5.43 Å². The van der Waals surface area contributed by atoms with Gasteiger partial charge in [0.15, 0.2) is 0 Å². The number of rotatable bonds is 2. The molecule has 3 amide bonds. The van der Waals surface area contributed by atoms with Crippen LogP contribution >= 0.6 is 0 Å². The van der Waals surface area contributed by atoms with E-state index in [4.69, 9.17) is 10.4 Å². The van der Waals surface area contributed by atoms with Crippen molar-refractivity contribution in [2.75, 3.05) is 6.54 Å². The summed E-state index contributed by atoms with van der Waals surface area (Å²) >= 11 is 0. The van der Waals surface area contributed by atoms with E-state index in [1.807, 2.05) is 13.0 Å². The molecule has 0 aliphatic carbocycles. The summed E-state index contributed by atoms with van der Waals surface area (Å²) in [6, 6.07) is 8.52. The average molecular weight is 316 g/mol. The largest absolute Gasteiger partial charge is 0.464 e. The zero-order valence-electron chi connectivity index (χ0n) is 13.0. The Kier molecular flexibility index (Phi) is 5.41. The maximum atomic E-state index is 12.7. The molecule has 0 spiro atoms. The van der Waals surface area contributed by atoms with Crippen molar-refractivity contribution in [2.24, 2.45) is 0 Å². The smallest absolute Gasteiger partial charge is 0.423 e. The van der Waals surface area contributed by atoms with Gasteiger partial charge in [-0.05, 0) is 43.9 Å². The van der Waals surface area contributed by atoms with E-state index >= 15 is 0 Å². The number of benzene rings is 1. The second-order valence-corrected chi connectivity index (χ2v) is 5.64. The molecule has 1 aromatic rings. The molecule has 7 heteroatoms. The van der Waals surface area contributed by atoms with Gasteiger partial charge in [-0.3, -0.25) is 0 Å². The third-order valence-electron chi connectivity index (χ3n) is 3.91. The Labute approximate surface area is 135 Å². The summed E-state index contributed by atoms with van der Waals surface area (Å²) in [6.07, 6.45) is 1.61. The normalized spacial score (nSPS) is 17.2. The number of carboxylic acid groups (broad SMARTS) is 1. The molecule has 1 aliphatic rings. The number of carbonyl (C=O) groups excluding carboxylic acids is 1. The van der Waals surface area contributed by atoms with E-state index in [0.717, 1.165) is 24.3 Å². The van der Waals surface area contributed by atoms with Crippen molar-refractivity contribution in [1.82, 2.24) is 15.3 Å². The number of hydrogen-bond donors (Lipinski definition) is 2. The van der Waals surface area contributed by atoms with Gasteiger partial charge in [0.05, 0.1) is 18.2 Å². The summed E-state index contributed by atoms with van der Waals surface area (Å²) in [5, 5.41) is 19.0. The number of nitriles is 1. The first kappa shape index (κ1) is 16.6. The van der Waals surface area contributed by atoms with E-state index in [9.17, 15) is 9.59 Å². The zero-order valence-corrected chi connectivity index (χ0v) is 13.0. The molecule has 1 unspecified atom stereocenters. The van der Waals surface area contributed by atoms with Gasteiger partial charge in [0.25, 0.3) is 0 Å². The minimum absolute atomic E-state index is 0.0733. The number of nitrogens with zero attached hydrogens (tertiary/aromatic N) is 3. The lowest BCUT2D eigenvalue weighted by Gasteiger charge is -2.37. The molecule has 1 saturated heterocycles. The Morgan fingerprint density at radius 3 is 2.91 bits per heavy atom. The van der Waals surface area contributed by atoms with Gasteiger partial charge in [-0.25, -0.2) is 20.0 Å². The van der Waals surface area contributed by atoms with Gasteiger partial charge in [0, 0.05) is 12.6 Å². The van der Waals surface area contributed by atoms with Crippen LogP contribution in [-0.2, 0) is 6.54 Å². The van der Waals surface area contributed by atoms with Crippen LogP contribution in [0, 0.1) is 11.3 Å². The van der Waals surface area contributed by atoms with Crippen LogP contribution in [0.25, 0.3) is 0 Å². The number of urea groups is 1. The monoisotopic (exact) mass is 316 g/mol. The summed E-state index contributed by atoms with van der Waals surface area (Å²) < 4.78 is 0. The molecule has 0 aromatic heterocycles. The average Bonchev–Trinajstić information content (AvgIpc) is 2.54. The molecule has 1 fully saturated rings. The van der Waals surface area contributed by atoms with Crippen LogP contribution in [-0.4, -0.2) is 39.7 Å². The number of hydrazine groups is 1. The van der Waals surface area contributed by atoms with Crippen molar-refractivity contribution in [3.63, 3.8) is 0 Å². The minimum Gasteiger partial charge on any atom is -0.464 e. The SMILES string of the molecule is CC1CCCCN1C(=O)N(Cc1cccc(C#N)c1)NC(=O)O. The molecule has 2 N–H and O–H groups in total. The maximum Gasteiger partial charge on any atom is 0.423 e. The highest BCUT2D eigenvalue weighted by atomic mass is 16.4. The molecule has 0 radical (unpaired) electrons. The number of hydrogen-bond acceptors (Lipinski definition) is 3. The van der Waals surface area contributed by atoms with Crippen LogP contribution in [0.3, 0.4) is 0 Å². The molecule has 2 rings (SSSR count). The fourth-order valence-electron chi connectivity index (χ4n) is 2.73. The fraction of sp³-hybridized carbons (Fsp3) is 0.438. The zero-order chi connectivity index (χ0) is 16.8. The quantitative estimate of drug-likeness (QED) is 0.819. The Morgan fingerprint density at radius 2 is 2.26 bits per heavy atom. The summed E-state index contributed by atoms with van der Waals surface area (Å²) in [6.45, 7) is 2.66. The van der Waals surface area contributed by atoms with Crippen LogP contribution in [0.15, 0.2) is 24.3 Å². The van der Waals surface area contributed by atoms with Crippen LogP contribution in [0.5, 0.6) is 0 Å². The predicted octanol–water partition coefficient (Wildman–Crippen LogP) is 2.54. The molecule has 122 valence electrons. The molecule has 7 nitrogen and oxygen atoms in total. The van der Waals surface area contributed by atoms with E-state index in [-0.39, 0.29) is 18.6 Å². The summed E-state index contributed by atoms with van der Waals surface area (Å²) in [5.41, 5.74) is 3.32. The molecule has 1 aliphatic heterocycles. The highest BCUT2D eigenvalue weighted by Gasteiger charge is 2.28. The van der Waals surface area contributed by atoms with Gasteiger partial charge in [-0.15, -0.1) is 0 Å². The summed E-state index contributed by atoms with van der Waals surface area (Å²) in [5.74, 6) is 0. The lowest BCUT2D eigenvalue weighted by Crippen LogP contribution is -2.54. The molecular formula is C16H20N4O3. The minimum atomic E-state index is -1.29. The fourth-order valence-corrected chi connectivity index (χ4v) is 2.73. The van der Waals surface area contributed by atoms with Crippen LogP contribution in [0.1, 0.15) is 37.3 Å². The van der Waals surface area contributed by atoms with Crippen LogP contribution in [0.4, 0.5) is 9.59 Å². The second kappa shape index (κ2) is 7.49. The molecule has 1 atom stereocenters. The lowest BCUT2D eigenvalue weighted by molar-refractivity contribution is 0.0932. The number of nitrogens with one attached hydrogen (secondary N) is 1. The molecule has 0 bridgehead atoms. The van der Waals surface area contributed by atoms with Crippen LogP contribution in [0.2, 0.25) is 0 Å². The van der Waals surface area contributed by atoms with Gasteiger partial charge in [-0.2, -0.15) is 5.26 Å². The van der Waals surface area contributed by atoms with Crippen molar-refractivity contribution >= 4 is 12.1 Å². The highest BCUT2D eigenvalue weighted by molar-refractivity contribution is 5.77. The van der Waals surface area contributed by atoms with E-state index in [1.54, 1.807) is 29.2 Å². The van der Waals surface area contributed by atoms with Gasteiger partial charge in [0.1, 0.15) is 0 Å². The van der Waals surface area contributed by atoms with Crippen LogP contribution < -0.4 is 5.43 Å². The third-order valence-corrected chi connectivity index (χ3v) is 3.91. The molecule has 23 heavy (non-hydrogen) atoms. The molecule has 1 aromatic carbocycles. The first-order valence-corrected chi connectivity index (χ1v) is 7.58. The Balaban J connectivity index is 2.17. The van der Waals surface area contributed by atoms with Crippen molar-refractivity contribution in [3.05, 3.63) is 35.4 Å². The highest BCUT2D eigenvalue weighted by Crippen LogP contribution is 2.18. The second-order valence-electron chi connectivity index (χ2n) is 5.64. The third kappa shape index (κ3) is 4.36. The van der Waals surface area contributed by atoms with E-state index < -0.39 is 6.09 Å². The number of carbonyl (C=O) groups is 2. The Morgan fingerprint density at radius 1 is 1.48 bits per heavy atom. The van der Waals surface area contributed by atoms with Crippen molar-refractivity contribution < 1.29 is 14.7 Å². The predicted molar refractivity (Wildman–Crippen MR) is 83.3 cm³/mol. The van der Waals surface area contributed by atoms with Gasteiger partial charge >= 0.3 is 12.1 Å². The Bertz CT molecular complexity index is 626. The molecule has 1 heterocycles. The number of likely N-dealkylation sites (tertiary alicyclic amines) is 1. The van der Waals surface area contributed by atoms with Gasteiger partial charge in [0.2, 0.25) is 0 Å². The Hall–Kier alpha value is -2.75. The first-order chi connectivity index (χ1) is 11.0. The topological polar surface area (TPSA) is 96.7 Å².